The van der Waals surface area contributed by atoms with Gasteiger partial charge in [0.25, 0.3) is 0 Å². The van der Waals surface area contributed by atoms with Gasteiger partial charge in [-0.25, -0.2) is 4.98 Å². The molecule has 1 fully saturated rings. The fraction of sp³-hybridized carbons (Fsp3) is 0.636. The standard InChI is InChI=1S/C11H17N3S2/c1-11(10(12)15)2-5-14(6-3-11)8-9-13-4-7-16-9/h4,7H,2-3,5-6,8H2,1H3,(H2,12,15). The van der Waals surface area contributed by atoms with E-state index in [4.69, 9.17) is 18.0 Å². The predicted octanol–water partition coefficient (Wildman–Crippen LogP) is 2.03. The molecule has 5 heteroatoms. The number of hydrogen-bond acceptors (Lipinski definition) is 4. The zero-order chi connectivity index (χ0) is 11.6. The highest BCUT2D eigenvalue weighted by atomic mass is 32.1. The first-order valence-electron chi connectivity index (χ1n) is 5.51. The van der Waals surface area contributed by atoms with Crippen molar-refractivity contribution < 1.29 is 0 Å². The number of nitrogens with two attached hydrogens (primary N) is 1. The van der Waals surface area contributed by atoms with Gasteiger partial charge in [0.2, 0.25) is 0 Å². The van der Waals surface area contributed by atoms with Crippen molar-refractivity contribution in [3.8, 4) is 0 Å². The minimum atomic E-state index is 0.0642. The van der Waals surface area contributed by atoms with E-state index >= 15 is 0 Å². The number of aromatic nitrogens is 1. The number of nitrogens with zero attached hydrogens (tertiary/aromatic N) is 2. The van der Waals surface area contributed by atoms with E-state index in [0.717, 1.165) is 32.5 Å². The van der Waals surface area contributed by atoms with Crippen LogP contribution in [-0.2, 0) is 6.54 Å². The lowest BCUT2D eigenvalue weighted by molar-refractivity contribution is 0.158. The van der Waals surface area contributed by atoms with E-state index in [0.29, 0.717) is 4.99 Å². The second-order valence-corrected chi connectivity index (χ2v) is 6.05. The van der Waals surface area contributed by atoms with Crippen molar-refractivity contribution in [1.29, 1.82) is 0 Å². The maximum absolute atomic E-state index is 5.79. The smallest absolute Gasteiger partial charge is 0.107 e. The summed E-state index contributed by atoms with van der Waals surface area (Å²) in [5.41, 5.74) is 5.85. The molecule has 0 unspecified atom stereocenters. The molecule has 0 aromatic carbocycles. The summed E-state index contributed by atoms with van der Waals surface area (Å²) in [4.78, 5) is 7.41. The van der Waals surface area contributed by atoms with Crippen molar-refractivity contribution in [3.63, 3.8) is 0 Å². The number of thiazole rings is 1. The van der Waals surface area contributed by atoms with Crippen molar-refractivity contribution in [3.05, 3.63) is 16.6 Å². The van der Waals surface area contributed by atoms with Gasteiger partial charge in [-0.15, -0.1) is 11.3 Å². The van der Waals surface area contributed by atoms with Crippen molar-refractivity contribution in [2.45, 2.75) is 26.3 Å². The molecule has 0 saturated carbocycles. The third-order valence-electron chi connectivity index (χ3n) is 3.40. The quantitative estimate of drug-likeness (QED) is 0.839. The Bertz CT molecular complexity index is 353. The van der Waals surface area contributed by atoms with Crippen LogP contribution < -0.4 is 5.73 Å². The number of rotatable bonds is 3. The van der Waals surface area contributed by atoms with Gasteiger partial charge in [-0.05, 0) is 25.9 Å². The molecule has 0 aliphatic carbocycles. The van der Waals surface area contributed by atoms with E-state index in [-0.39, 0.29) is 5.41 Å². The van der Waals surface area contributed by atoms with Gasteiger partial charge in [0, 0.05) is 17.0 Å². The van der Waals surface area contributed by atoms with Crippen LogP contribution in [0.4, 0.5) is 0 Å². The third-order valence-corrected chi connectivity index (χ3v) is 4.65. The molecule has 0 amide bonds. The molecule has 1 aromatic heterocycles. The van der Waals surface area contributed by atoms with Crippen molar-refractivity contribution >= 4 is 28.5 Å². The SMILES string of the molecule is CC1(C(N)=S)CCN(Cc2nccs2)CC1. The highest BCUT2D eigenvalue weighted by Crippen LogP contribution is 2.31. The lowest BCUT2D eigenvalue weighted by Gasteiger charge is -2.38. The average molecular weight is 255 g/mol. The molecule has 3 nitrogen and oxygen atoms in total. The normalized spacial score (nSPS) is 20.8. The Morgan fingerprint density at radius 3 is 2.81 bits per heavy atom. The fourth-order valence-electron chi connectivity index (χ4n) is 1.97. The van der Waals surface area contributed by atoms with E-state index in [9.17, 15) is 0 Å². The molecule has 2 rings (SSSR count). The number of hydrogen-bond donors (Lipinski definition) is 1. The number of likely N-dealkylation sites (tertiary alicyclic amines) is 1. The molecule has 88 valence electrons. The molecular formula is C11H17N3S2. The van der Waals surface area contributed by atoms with Gasteiger partial charge in [-0.3, -0.25) is 4.90 Å². The molecule has 16 heavy (non-hydrogen) atoms. The molecule has 2 N–H and O–H groups in total. The second kappa shape index (κ2) is 4.77. The van der Waals surface area contributed by atoms with Crippen LogP contribution in [0.3, 0.4) is 0 Å². The summed E-state index contributed by atoms with van der Waals surface area (Å²) in [6, 6.07) is 0. The summed E-state index contributed by atoms with van der Waals surface area (Å²) < 4.78 is 0. The summed E-state index contributed by atoms with van der Waals surface area (Å²) in [6.07, 6.45) is 3.99. The molecule has 2 heterocycles. The van der Waals surface area contributed by atoms with E-state index < -0.39 is 0 Å². The maximum atomic E-state index is 5.79. The minimum Gasteiger partial charge on any atom is -0.393 e. The van der Waals surface area contributed by atoms with Crippen LogP contribution in [0.2, 0.25) is 0 Å². The summed E-state index contributed by atoms with van der Waals surface area (Å²) in [6.45, 7) is 5.27. The van der Waals surface area contributed by atoms with Crippen molar-refractivity contribution in [2.24, 2.45) is 11.1 Å². The Morgan fingerprint density at radius 2 is 2.31 bits per heavy atom. The lowest BCUT2D eigenvalue weighted by Crippen LogP contribution is -2.44. The van der Waals surface area contributed by atoms with E-state index in [1.165, 1.54) is 5.01 Å². The van der Waals surface area contributed by atoms with Crippen LogP contribution in [0.5, 0.6) is 0 Å². The Morgan fingerprint density at radius 1 is 1.62 bits per heavy atom. The lowest BCUT2D eigenvalue weighted by atomic mass is 9.80. The first kappa shape index (κ1) is 12.0. The first-order valence-corrected chi connectivity index (χ1v) is 6.80. The Kier molecular flexibility index (Phi) is 3.56. The molecule has 1 aliphatic rings. The average Bonchev–Trinajstić information content (AvgIpc) is 2.74. The van der Waals surface area contributed by atoms with Crippen molar-refractivity contribution in [1.82, 2.24) is 9.88 Å². The molecule has 0 spiro atoms. The molecular weight excluding hydrogens is 238 g/mol. The summed E-state index contributed by atoms with van der Waals surface area (Å²) in [5, 5.41) is 3.22. The van der Waals surface area contributed by atoms with E-state index in [2.05, 4.69) is 16.8 Å². The summed E-state index contributed by atoms with van der Waals surface area (Å²) >= 11 is 6.85. The van der Waals surface area contributed by atoms with Gasteiger partial charge in [0.1, 0.15) is 5.01 Å². The van der Waals surface area contributed by atoms with Gasteiger partial charge in [0.05, 0.1) is 11.5 Å². The van der Waals surface area contributed by atoms with E-state index in [1.54, 1.807) is 11.3 Å². The van der Waals surface area contributed by atoms with E-state index in [1.807, 2.05) is 11.6 Å². The minimum absolute atomic E-state index is 0.0642. The Balaban J connectivity index is 1.88. The molecule has 0 radical (unpaired) electrons. The van der Waals surface area contributed by atoms with Crippen LogP contribution in [0.1, 0.15) is 24.8 Å². The van der Waals surface area contributed by atoms with Crippen molar-refractivity contribution in [2.75, 3.05) is 13.1 Å². The molecule has 1 aromatic rings. The second-order valence-electron chi connectivity index (χ2n) is 4.63. The first-order chi connectivity index (χ1) is 7.60. The predicted molar refractivity (Wildman–Crippen MR) is 71.5 cm³/mol. The van der Waals surface area contributed by atoms with Gasteiger partial charge < -0.3 is 5.73 Å². The van der Waals surface area contributed by atoms with Crippen LogP contribution in [-0.4, -0.2) is 28.0 Å². The number of piperidine rings is 1. The molecule has 1 aliphatic heterocycles. The summed E-state index contributed by atoms with van der Waals surface area (Å²) in [5.74, 6) is 0. The fourth-order valence-corrected chi connectivity index (χ4v) is 2.84. The van der Waals surface area contributed by atoms with Crippen LogP contribution in [0.25, 0.3) is 0 Å². The highest BCUT2D eigenvalue weighted by molar-refractivity contribution is 7.80. The van der Waals surface area contributed by atoms with Gasteiger partial charge in [-0.2, -0.15) is 0 Å². The Labute approximate surface area is 106 Å². The molecule has 0 bridgehead atoms. The topological polar surface area (TPSA) is 42.1 Å². The zero-order valence-electron chi connectivity index (χ0n) is 9.48. The Hall–Kier alpha value is -0.520. The molecule has 1 saturated heterocycles. The third kappa shape index (κ3) is 2.59. The number of thiocarbonyl (C=S) groups is 1. The summed E-state index contributed by atoms with van der Waals surface area (Å²) in [7, 11) is 0. The maximum Gasteiger partial charge on any atom is 0.107 e. The highest BCUT2D eigenvalue weighted by Gasteiger charge is 2.32. The largest absolute Gasteiger partial charge is 0.393 e. The van der Waals surface area contributed by atoms with Crippen LogP contribution in [0, 0.1) is 5.41 Å². The van der Waals surface area contributed by atoms with Gasteiger partial charge in [-0.1, -0.05) is 19.1 Å². The van der Waals surface area contributed by atoms with Crippen LogP contribution in [0.15, 0.2) is 11.6 Å². The zero-order valence-corrected chi connectivity index (χ0v) is 11.1. The van der Waals surface area contributed by atoms with Crippen LogP contribution >= 0.6 is 23.6 Å². The molecule has 0 atom stereocenters. The van der Waals surface area contributed by atoms with Gasteiger partial charge >= 0.3 is 0 Å². The van der Waals surface area contributed by atoms with Gasteiger partial charge in [0.15, 0.2) is 0 Å². The monoisotopic (exact) mass is 255 g/mol.